The van der Waals surface area contributed by atoms with Crippen molar-refractivity contribution in [2.75, 3.05) is 25.0 Å². The third-order valence-electron chi connectivity index (χ3n) is 4.44. The van der Waals surface area contributed by atoms with Gasteiger partial charge in [-0.1, -0.05) is 41.9 Å². The predicted molar refractivity (Wildman–Crippen MR) is 102 cm³/mol. The fourth-order valence-corrected chi connectivity index (χ4v) is 3.27. The third kappa shape index (κ3) is 3.76. The van der Waals surface area contributed by atoms with Gasteiger partial charge in [0.2, 0.25) is 0 Å². The van der Waals surface area contributed by atoms with Crippen LogP contribution in [0.25, 0.3) is 10.9 Å². The number of halogens is 1. The summed E-state index contributed by atoms with van der Waals surface area (Å²) in [5, 5.41) is 8.41. The van der Waals surface area contributed by atoms with E-state index < -0.39 is 0 Å². The van der Waals surface area contributed by atoms with E-state index in [9.17, 15) is 0 Å². The van der Waals surface area contributed by atoms with Gasteiger partial charge in [-0.2, -0.15) is 0 Å². The van der Waals surface area contributed by atoms with Gasteiger partial charge >= 0.3 is 0 Å². The number of anilines is 1. The average Bonchev–Trinajstić information content (AvgIpc) is 2.67. The predicted octanol–water partition coefficient (Wildman–Crippen LogP) is 4.16. The molecule has 4 nitrogen and oxygen atoms in total. The molecule has 1 aliphatic rings. The Hall–Kier alpha value is -2.14. The Morgan fingerprint density at radius 1 is 1.16 bits per heavy atom. The van der Waals surface area contributed by atoms with Crippen molar-refractivity contribution in [1.29, 1.82) is 0 Å². The van der Waals surface area contributed by atoms with E-state index in [-0.39, 0.29) is 6.10 Å². The van der Waals surface area contributed by atoms with Crippen molar-refractivity contribution < 1.29 is 4.74 Å². The standard InChI is InChI=1S/C20H20ClN3O/c21-20-16(11-15-3-1-2-4-18(15)24-20)12-23-17-7-5-14(6-8-17)19-13-22-9-10-25-19/h1-8,11,19,22-23H,9-10,12-13H2. The first-order valence-corrected chi connectivity index (χ1v) is 8.88. The Balaban J connectivity index is 1.45. The van der Waals surface area contributed by atoms with Gasteiger partial charge in [-0.25, -0.2) is 4.98 Å². The van der Waals surface area contributed by atoms with Gasteiger partial charge in [0, 0.05) is 36.3 Å². The highest BCUT2D eigenvalue weighted by molar-refractivity contribution is 6.30. The van der Waals surface area contributed by atoms with Crippen LogP contribution in [0, 0.1) is 0 Å². The highest BCUT2D eigenvalue weighted by Gasteiger charge is 2.15. The van der Waals surface area contributed by atoms with Gasteiger partial charge in [0.05, 0.1) is 18.2 Å². The molecule has 1 unspecified atom stereocenters. The molecule has 0 radical (unpaired) electrons. The van der Waals surface area contributed by atoms with E-state index in [0.29, 0.717) is 11.7 Å². The Kier molecular flexibility index (Phi) is 4.83. The number of rotatable bonds is 4. The molecule has 3 aromatic rings. The summed E-state index contributed by atoms with van der Waals surface area (Å²) >= 11 is 6.32. The minimum absolute atomic E-state index is 0.141. The molecular formula is C20H20ClN3O. The van der Waals surface area contributed by atoms with Gasteiger partial charge in [0.25, 0.3) is 0 Å². The Bertz CT molecular complexity index is 860. The third-order valence-corrected chi connectivity index (χ3v) is 4.77. The molecule has 0 amide bonds. The minimum Gasteiger partial charge on any atom is -0.381 e. The van der Waals surface area contributed by atoms with Crippen molar-refractivity contribution in [3.63, 3.8) is 0 Å². The SMILES string of the molecule is Clc1nc2ccccc2cc1CNc1ccc(C2CNCCO2)cc1. The molecule has 0 aliphatic carbocycles. The van der Waals surface area contributed by atoms with E-state index in [4.69, 9.17) is 16.3 Å². The van der Waals surface area contributed by atoms with Gasteiger partial charge < -0.3 is 15.4 Å². The molecule has 1 atom stereocenters. The molecule has 1 fully saturated rings. The summed E-state index contributed by atoms with van der Waals surface area (Å²) in [5.74, 6) is 0. The normalized spacial score (nSPS) is 17.6. The molecule has 128 valence electrons. The maximum Gasteiger partial charge on any atom is 0.134 e. The van der Waals surface area contributed by atoms with Crippen molar-refractivity contribution in [3.8, 4) is 0 Å². The molecule has 0 spiro atoms. The zero-order valence-corrected chi connectivity index (χ0v) is 14.6. The van der Waals surface area contributed by atoms with Gasteiger partial charge in [-0.3, -0.25) is 0 Å². The van der Waals surface area contributed by atoms with E-state index in [1.54, 1.807) is 0 Å². The first-order chi connectivity index (χ1) is 12.3. The number of benzene rings is 2. The smallest absolute Gasteiger partial charge is 0.134 e. The number of morpholine rings is 1. The van der Waals surface area contributed by atoms with Crippen LogP contribution >= 0.6 is 11.6 Å². The van der Waals surface area contributed by atoms with Crippen molar-refractivity contribution in [3.05, 3.63) is 70.9 Å². The monoisotopic (exact) mass is 353 g/mol. The van der Waals surface area contributed by atoms with Gasteiger partial charge in [0.15, 0.2) is 0 Å². The van der Waals surface area contributed by atoms with E-state index in [1.165, 1.54) is 5.56 Å². The molecule has 2 aromatic carbocycles. The lowest BCUT2D eigenvalue weighted by atomic mass is 10.1. The molecular weight excluding hydrogens is 334 g/mol. The lowest BCUT2D eigenvalue weighted by Gasteiger charge is -2.24. The lowest BCUT2D eigenvalue weighted by Crippen LogP contribution is -2.33. The van der Waals surface area contributed by atoms with Crippen molar-refractivity contribution in [2.24, 2.45) is 0 Å². The molecule has 1 aliphatic heterocycles. The number of pyridine rings is 1. The van der Waals surface area contributed by atoms with E-state index in [2.05, 4.69) is 52.0 Å². The topological polar surface area (TPSA) is 46.2 Å². The largest absolute Gasteiger partial charge is 0.381 e. The number of aromatic nitrogens is 1. The number of fused-ring (bicyclic) bond motifs is 1. The van der Waals surface area contributed by atoms with Crippen LogP contribution in [-0.4, -0.2) is 24.7 Å². The Morgan fingerprint density at radius 2 is 2.00 bits per heavy atom. The first kappa shape index (κ1) is 16.3. The molecule has 0 saturated carbocycles. The van der Waals surface area contributed by atoms with Crippen LogP contribution in [0.2, 0.25) is 5.15 Å². The second kappa shape index (κ2) is 7.40. The van der Waals surface area contributed by atoms with Crippen LogP contribution in [0.15, 0.2) is 54.6 Å². The van der Waals surface area contributed by atoms with Gasteiger partial charge in [0.1, 0.15) is 5.15 Å². The van der Waals surface area contributed by atoms with Gasteiger partial charge in [-0.15, -0.1) is 0 Å². The molecule has 1 saturated heterocycles. The van der Waals surface area contributed by atoms with Crippen LogP contribution in [0.5, 0.6) is 0 Å². The molecule has 5 heteroatoms. The number of nitrogens with one attached hydrogen (secondary N) is 2. The zero-order chi connectivity index (χ0) is 17.1. The zero-order valence-electron chi connectivity index (χ0n) is 13.8. The summed E-state index contributed by atoms with van der Waals surface area (Å²) in [6.07, 6.45) is 0.141. The van der Waals surface area contributed by atoms with Crippen LogP contribution in [0.3, 0.4) is 0 Å². The lowest BCUT2D eigenvalue weighted by molar-refractivity contribution is 0.0277. The van der Waals surface area contributed by atoms with Crippen LogP contribution in [0.4, 0.5) is 5.69 Å². The average molecular weight is 354 g/mol. The highest BCUT2D eigenvalue weighted by Crippen LogP contribution is 2.23. The number of hydrogen-bond donors (Lipinski definition) is 2. The van der Waals surface area contributed by atoms with Crippen LogP contribution < -0.4 is 10.6 Å². The molecule has 0 bridgehead atoms. The summed E-state index contributed by atoms with van der Waals surface area (Å²) < 4.78 is 5.78. The summed E-state index contributed by atoms with van der Waals surface area (Å²) in [5.41, 5.74) is 4.16. The fourth-order valence-electron chi connectivity index (χ4n) is 3.05. The molecule has 1 aromatic heterocycles. The summed E-state index contributed by atoms with van der Waals surface area (Å²) in [6.45, 7) is 3.19. The Labute approximate surface area is 152 Å². The number of nitrogens with zero attached hydrogens (tertiary/aromatic N) is 1. The van der Waals surface area contributed by atoms with E-state index in [1.807, 2.05) is 18.2 Å². The molecule has 2 heterocycles. The minimum atomic E-state index is 0.141. The maximum absolute atomic E-state index is 6.32. The summed E-state index contributed by atoms with van der Waals surface area (Å²) in [7, 11) is 0. The van der Waals surface area contributed by atoms with Crippen LogP contribution in [-0.2, 0) is 11.3 Å². The molecule has 4 rings (SSSR count). The van der Waals surface area contributed by atoms with E-state index in [0.717, 1.165) is 41.9 Å². The van der Waals surface area contributed by atoms with Crippen molar-refractivity contribution in [2.45, 2.75) is 12.6 Å². The second-order valence-corrected chi connectivity index (χ2v) is 6.53. The Morgan fingerprint density at radius 3 is 2.80 bits per heavy atom. The molecule has 25 heavy (non-hydrogen) atoms. The van der Waals surface area contributed by atoms with E-state index >= 15 is 0 Å². The maximum atomic E-state index is 6.32. The number of para-hydroxylation sites is 1. The first-order valence-electron chi connectivity index (χ1n) is 8.50. The fraction of sp³-hybridized carbons (Fsp3) is 0.250. The quantitative estimate of drug-likeness (QED) is 0.691. The van der Waals surface area contributed by atoms with Gasteiger partial charge in [-0.05, 0) is 29.8 Å². The second-order valence-electron chi connectivity index (χ2n) is 6.17. The van der Waals surface area contributed by atoms with Crippen LogP contribution in [0.1, 0.15) is 17.2 Å². The van der Waals surface area contributed by atoms with Crippen molar-refractivity contribution >= 4 is 28.2 Å². The number of hydrogen-bond acceptors (Lipinski definition) is 4. The summed E-state index contributed by atoms with van der Waals surface area (Å²) in [4.78, 5) is 4.47. The summed E-state index contributed by atoms with van der Waals surface area (Å²) in [6, 6.07) is 18.5. The van der Waals surface area contributed by atoms with Crippen molar-refractivity contribution in [1.82, 2.24) is 10.3 Å². The number of ether oxygens (including phenoxy) is 1. The highest BCUT2D eigenvalue weighted by atomic mass is 35.5. The molecule has 2 N–H and O–H groups in total.